The van der Waals surface area contributed by atoms with Crippen molar-refractivity contribution in [1.29, 1.82) is 0 Å². The van der Waals surface area contributed by atoms with E-state index in [2.05, 4.69) is 5.32 Å². The van der Waals surface area contributed by atoms with Gasteiger partial charge in [-0.1, -0.05) is 60.3 Å². The summed E-state index contributed by atoms with van der Waals surface area (Å²) in [5, 5.41) is 2.96. The van der Waals surface area contributed by atoms with Crippen LogP contribution in [0.25, 0.3) is 0 Å². The number of nitrogens with one attached hydrogen (secondary N) is 1. The molecule has 2 aromatic carbocycles. The van der Waals surface area contributed by atoms with Gasteiger partial charge in [0.25, 0.3) is 0 Å². The van der Waals surface area contributed by atoms with E-state index in [0.717, 1.165) is 11.3 Å². The van der Waals surface area contributed by atoms with E-state index >= 15 is 0 Å². The molecule has 1 N–H and O–H groups in total. The van der Waals surface area contributed by atoms with Crippen LogP contribution in [0.15, 0.2) is 60.7 Å². The third kappa shape index (κ3) is 5.37. The molecule has 2 aromatic rings. The molecule has 0 aliphatic rings. The summed E-state index contributed by atoms with van der Waals surface area (Å²) in [5.74, 6) is 0.198. The Balaban J connectivity index is 2.05. The highest BCUT2D eigenvalue weighted by molar-refractivity contribution is 8.13. The van der Waals surface area contributed by atoms with Crippen LogP contribution in [-0.4, -0.2) is 16.8 Å². The third-order valence-electron chi connectivity index (χ3n) is 3.22. The van der Waals surface area contributed by atoms with Gasteiger partial charge in [0.15, 0.2) is 5.12 Å². The molecule has 0 radical (unpaired) electrons. The van der Waals surface area contributed by atoms with Crippen molar-refractivity contribution in [2.45, 2.75) is 13.3 Å². The van der Waals surface area contributed by atoms with Crippen molar-refractivity contribution in [2.24, 2.45) is 5.92 Å². The molecule has 4 heteroatoms. The van der Waals surface area contributed by atoms with Crippen LogP contribution < -0.4 is 5.32 Å². The van der Waals surface area contributed by atoms with Crippen molar-refractivity contribution in [3.63, 3.8) is 0 Å². The molecule has 2 rings (SSSR count). The lowest BCUT2D eigenvalue weighted by Crippen LogP contribution is -2.27. The first-order chi connectivity index (χ1) is 10.6. The molecule has 1 amide bonds. The molecule has 0 saturated heterocycles. The second-order valence-corrected chi connectivity index (χ2v) is 6.24. The maximum atomic E-state index is 12.5. The highest BCUT2D eigenvalue weighted by Gasteiger charge is 2.20. The average molecular weight is 313 g/mol. The zero-order valence-electron chi connectivity index (χ0n) is 12.5. The molecule has 0 aromatic heterocycles. The molecule has 0 aliphatic heterocycles. The zero-order chi connectivity index (χ0) is 15.8. The van der Waals surface area contributed by atoms with Gasteiger partial charge in [-0.15, -0.1) is 0 Å². The first kappa shape index (κ1) is 16.3. The quantitative estimate of drug-likeness (QED) is 0.883. The topological polar surface area (TPSA) is 46.2 Å². The van der Waals surface area contributed by atoms with Crippen molar-refractivity contribution in [1.82, 2.24) is 0 Å². The number of benzene rings is 2. The van der Waals surface area contributed by atoms with E-state index in [-0.39, 0.29) is 16.9 Å². The summed E-state index contributed by atoms with van der Waals surface area (Å²) in [4.78, 5) is 23.7. The maximum Gasteiger partial charge on any atom is 0.228 e. The molecule has 114 valence electrons. The van der Waals surface area contributed by atoms with Gasteiger partial charge in [0, 0.05) is 18.4 Å². The van der Waals surface area contributed by atoms with Gasteiger partial charge in [-0.2, -0.15) is 0 Å². The highest BCUT2D eigenvalue weighted by atomic mass is 32.2. The lowest BCUT2D eigenvalue weighted by Gasteiger charge is -2.16. The van der Waals surface area contributed by atoms with E-state index in [1.54, 1.807) is 0 Å². The number of para-hydroxylation sites is 1. The minimum atomic E-state index is -0.239. The molecule has 3 nitrogen and oxygen atoms in total. The Bertz CT molecular complexity index is 613. The lowest BCUT2D eigenvalue weighted by molar-refractivity contribution is -0.119. The SMILES string of the molecule is CC(=O)SCC(Cc1ccccc1)C(=O)Nc1ccccc1. The van der Waals surface area contributed by atoms with Gasteiger partial charge in [0.05, 0.1) is 5.92 Å². The first-order valence-corrected chi connectivity index (χ1v) is 8.17. The van der Waals surface area contributed by atoms with E-state index in [4.69, 9.17) is 0 Å². The molecule has 0 fully saturated rings. The fourth-order valence-corrected chi connectivity index (χ4v) is 2.81. The van der Waals surface area contributed by atoms with Crippen LogP contribution in [0.1, 0.15) is 12.5 Å². The van der Waals surface area contributed by atoms with Crippen molar-refractivity contribution < 1.29 is 9.59 Å². The second-order valence-electron chi connectivity index (χ2n) is 5.04. The predicted molar refractivity (Wildman–Crippen MR) is 91.8 cm³/mol. The molecular weight excluding hydrogens is 294 g/mol. The van der Waals surface area contributed by atoms with E-state index in [1.165, 1.54) is 18.7 Å². The standard InChI is InChI=1S/C18H19NO2S/c1-14(20)22-13-16(12-15-8-4-2-5-9-15)18(21)19-17-10-6-3-7-11-17/h2-11,16H,12-13H2,1H3,(H,19,21). The van der Waals surface area contributed by atoms with Gasteiger partial charge in [-0.3, -0.25) is 9.59 Å². The summed E-state index contributed by atoms with van der Waals surface area (Å²) in [6.07, 6.45) is 0.625. The molecular formula is C18H19NO2S. The van der Waals surface area contributed by atoms with Crippen LogP contribution in [0.4, 0.5) is 5.69 Å². The van der Waals surface area contributed by atoms with Crippen molar-refractivity contribution in [2.75, 3.05) is 11.1 Å². The monoisotopic (exact) mass is 313 g/mol. The van der Waals surface area contributed by atoms with Crippen LogP contribution in [0.3, 0.4) is 0 Å². The van der Waals surface area contributed by atoms with E-state index in [9.17, 15) is 9.59 Å². The number of amides is 1. The first-order valence-electron chi connectivity index (χ1n) is 7.18. The fourth-order valence-electron chi connectivity index (χ4n) is 2.11. The Morgan fingerprint density at radius 3 is 2.18 bits per heavy atom. The predicted octanol–water partition coefficient (Wildman–Crippen LogP) is 3.76. The van der Waals surface area contributed by atoms with Crippen LogP contribution in [-0.2, 0) is 16.0 Å². The summed E-state index contributed by atoms with van der Waals surface area (Å²) in [6, 6.07) is 19.3. The number of hydrogen-bond donors (Lipinski definition) is 1. The normalized spacial score (nSPS) is 11.7. The Morgan fingerprint density at radius 1 is 1.00 bits per heavy atom. The number of anilines is 1. The molecule has 1 unspecified atom stereocenters. The van der Waals surface area contributed by atoms with E-state index in [1.807, 2.05) is 60.7 Å². The smallest absolute Gasteiger partial charge is 0.228 e. The van der Waals surface area contributed by atoms with E-state index < -0.39 is 0 Å². The van der Waals surface area contributed by atoms with Crippen LogP contribution in [0.2, 0.25) is 0 Å². The summed E-state index contributed by atoms with van der Waals surface area (Å²) < 4.78 is 0. The van der Waals surface area contributed by atoms with Gasteiger partial charge < -0.3 is 5.32 Å². The summed E-state index contributed by atoms with van der Waals surface area (Å²) in [7, 11) is 0. The van der Waals surface area contributed by atoms with Gasteiger partial charge in [-0.25, -0.2) is 0 Å². The molecule has 1 atom stereocenters. The van der Waals surface area contributed by atoms with Crippen molar-refractivity contribution in [3.8, 4) is 0 Å². The molecule has 0 spiro atoms. The summed E-state index contributed by atoms with van der Waals surface area (Å²) >= 11 is 1.20. The van der Waals surface area contributed by atoms with Crippen molar-refractivity contribution in [3.05, 3.63) is 66.2 Å². The largest absolute Gasteiger partial charge is 0.326 e. The van der Waals surface area contributed by atoms with Crippen molar-refractivity contribution >= 4 is 28.5 Å². The summed E-state index contributed by atoms with van der Waals surface area (Å²) in [6.45, 7) is 1.53. The Hall–Kier alpha value is -2.07. The molecule has 0 heterocycles. The number of rotatable bonds is 6. The molecule has 0 aliphatic carbocycles. The molecule has 0 bridgehead atoms. The Kier molecular flexibility index (Phi) is 6.22. The Morgan fingerprint density at radius 2 is 1.59 bits per heavy atom. The average Bonchev–Trinajstić information content (AvgIpc) is 2.53. The molecule has 0 saturated carbocycles. The Labute approximate surface area is 135 Å². The van der Waals surface area contributed by atoms with Crippen LogP contribution in [0.5, 0.6) is 0 Å². The van der Waals surface area contributed by atoms with Gasteiger partial charge in [0.1, 0.15) is 0 Å². The number of carbonyl (C=O) groups excluding carboxylic acids is 2. The second kappa shape index (κ2) is 8.39. The zero-order valence-corrected chi connectivity index (χ0v) is 13.3. The van der Waals surface area contributed by atoms with E-state index in [0.29, 0.717) is 12.2 Å². The fraction of sp³-hybridized carbons (Fsp3) is 0.222. The van der Waals surface area contributed by atoms with Gasteiger partial charge in [-0.05, 0) is 24.1 Å². The lowest BCUT2D eigenvalue weighted by atomic mass is 10.00. The van der Waals surface area contributed by atoms with Gasteiger partial charge in [0.2, 0.25) is 5.91 Å². The highest BCUT2D eigenvalue weighted by Crippen LogP contribution is 2.18. The number of hydrogen-bond acceptors (Lipinski definition) is 3. The molecule has 22 heavy (non-hydrogen) atoms. The summed E-state index contributed by atoms with van der Waals surface area (Å²) in [5.41, 5.74) is 1.87. The van der Waals surface area contributed by atoms with Crippen LogP contribution in [0, 0.1) is 5.92 Å². The maximum absolute atomic E-state index is 12.5. The van der Waals surface area contributed by atoms with Gasteiger partial charge >= 0.3 is 0 Å². The number of carbonyl (C=O) groups is 2. The third-order valence-corrected chi connectivity index (χ3v) is 4.20. The minimum absolute atomic E-state index is 0.0329. The number of thioether (sulfide) groups is 1. The van der Waals surface area contributed by atoms with Crippen LogP contribution >= 0.6 is 11.8 Å². The minimum Gasteiger partial charge on any atom is -0.326 e.